The molecule has 6 nitrogen and oxygen atoms in total. The zero-order chi connectivity index (χ0) is 18.8. The van der Waals surface area contributed by atoms with Crippen LogP contribution < -0.4 is 21.1 Å². The van der Waals surface area contributed by atoms with Crippen molar-refractivity contribution >= 4 is 29.4 Å². The number of urea groups is 1. The molecule has 138 valence electrons. The van der Waals surface area contributed by atoms with Crippen LogP contribution in [0.3, 0.4) is 0 Å². The van der Waals surface area contributed by atoms with Gasteiger partial charge in [0.05, 0.1) is 0 Å². The number of nitrogens with one attached hydrogen (secondary N) is 2. The summed E-state index contributed by atoms with van der Waals surface area (Å²) in [7, 11) is 0. The lowest BCUT2D eigenvalue weighted by Crippen LogP contribution is -2.46. The molecule has 0 radical (unpaired) electrons. The molecule has 0 spiro atoms. The minimum Gasteiger partial charge on any atom is -0.489 e. The smallest absolute Gasteiger partial charge is 0.312 e. The lowest BCUT2D eigenvalue weighted by molar-refractivity contribution is -0.117. The van der Waals surface area contributed by atoms with E-state index in [0.717, 1.165) is 11.3 Å². The van der Waals surface area contributed by atoms with E-state index in [0.29, 0.717) is 24.5 Å². The zero-order valence-corrected chi connectivity index (χ0v) is 15.4. The van der Waals surface area contributed by atoms with Crippen LogP contribution in [0.4, 0.5) is 10.5 Å². The molecule has 1 unspecified atom stereocenters. The number of anilines is 1. The largest absolute Gasteiger partial charge is 0.489 e. The first kappa shape index (κ1) is 19.7. The van der Waals surface area contributed by atoms with Gasteiger partial charge >= 0.3 is 6.03 Å². The summed E-state index contributed by atoms with van der Waals surface area (Å²) in [5.41, 5.74) is 6.85. The molecule has 0 aromatic heterocycles. The standard InChI is InChI=1S/C19H23N3O3S/c1-26-12-11-17(22-19(20)24)18(23)21-15-7-9-16(10-8-15)25-13-14-5-3-2-4-6-14/h2-10,17H,11-13H2,1H3,(H,21,23)(H3,20,22,24). The molecule has 26 heavy (non-hydrogen) atoms. The summed E-state index contributed by atoms with van der Waals surface area (Å²) < 4.78 is 5.72. The molecule has 0 bridgehead atoms. The van der Waals surface area contributed by atoms with E-state index in [4.69, 9.17) is 10.5 Å². The van der Waals surface area contributed by atoms with Gasteiger partial charge in [-0.15, -0.1) is 0 Å². The molecular formula is C19H23N3O3S. The second-order valence-electron chi connectivity index (χ2n) is 5.63. The van der Waals surface area contributed by atoms with E-state index >= 15 is 0 Å². The number of nitrogens with two attached hydrogens (primary N) is 1. The number of thioether (sulfide) groups is 1. The summed E-state index contributed by atoms with van der Waals surface area (Å²) in [5, 5.41) is 5.26. The Morgan fingerprint density at radius 1 is 1.12 bits per heavy atom. The van der Waals surface area contributed by atoms with E-state index in [1.807, 2.05) is 36.6 Å². The average Bonchev–Trinajstić information content (AvgIpc) is 2.65. The van der Waals surface area contributed by atoms with Gasteiger partial charge in [0.2, 0.25) is 5.91 Å². The Morgan fingerprint density at radius 2 is 1.81 bits per heavy atom. The highest BCUT2D eigenvalue weighted by Crippen LogP contribution is 2.17. The number of carbonyl (C=O) groups is 2. The molecule has 1 atom stereocenters. The normalized spacial score (nSPS) is 11.4. The molecule has 2 rings (SSSR count). The number of primary amides is 1. The van der Waals surface area contributed by atoms with Crippen molar-refractivity contribution in [3.63, 3.8) is 0 Å². The van der Waals surface area contributed by atoms with Gasteiger partial charge in [0.1, 0.15) is 18.4 Å². The predicted octanol–water partition coefficient (Wildman–Crippen LogP) is 2.99. The van der Waals surface area contributed by atoms with Crippen molar-refractivity contribution in [1.82, 2.24) is 5.32 Å². The van der Waals surface area contributed by atoms with Crippen molar-refractivity contribution in [3.8, 4) is 5.75 Å². The highest BCUT2D eigenvalue weighted by molar-refractivity contribution is 7.98. The van der Waals surface area contributed by atoms with E-state index in [9.17, 15) is 9.59 Å². The van der Waals surface area contributed by atoms with Crippen LogP contribution in [0.15, 0.2) is 54.6 Å². The number of hydrogen-bond acceptors (Lipinski definition) is 4. The Bertz CT molecular complexity index is 708. The van der Waals surface area contributed by atoms with Gasteiger partial charge in [-0.1, -0.05) is 30.3 Å². The van der Waals surface area contributed by atoms with E-state index in [-0.39, 0.29) is 5.91 Å². The van der Waals surface area contributed by atoms with E-state index in [2.05, 4.69) is 10.6 Å². The van der Waals surface area contributed by atoms with Crippen molar-refractivity contribution in [3.05, 3.63) is 60.2 Å². The monoisotopic (exact) mass is 373 g/mol. The molecule has 0 aliphatic carbocycles. The quantitative estimate of drug-likeness (QED) is 0.630. The maximum absolute atomic E-state index is 12.3. The van der Waals surface area contributed by atoms with Crippen molar-refractivity contribution < 1.29 is 14.3 Å². The van der Waals surface area contributed by atoms with Crippen molar-refractivity contribution in [2.75, 3.05) is 17.3 Å². The third-order valence-electron chi connectivity index (χ3n) is 3.61. The maximum atomic E-state index is 12.3. The van der Waals surface area contributed by atoms with Crippen molar-refractivity contribution in [2.24, 2.45) is 5.73 Å². The number of hydrogen-bond donors (Lipinski definition) is 3. The van der Waals surface area contributed by atoms with Gasteiger partial charge in [0, 0.05) is 5.69 Å². The minimum absolute atomic E-state index is 0.296. The molecule has 3 amide bonds. The lowest BCUT2D eigenvalue weighted by atomic mass is 10.2. The summed E-state index contributed by atoms with van der Waals surface area (Å²) in [6.45, 7) is 0.478. The van der Waals surface area contributed by atoms with Gasteiger partial charge in [-0.2, -0.15) is 11.8 Å². The SMILES string of the molecule is CSCCC(NC(N)=O)C(=O)Nc1ccc(OCc2ccccc2)cc1. The van der Waals surface area contributed by atoms with E-state index in [1.54, 1.807) is 36.0 Å². The maximum Gasteiger partial charge on any atom is 0.312 e. The molecule has 0 saturated carbocycles. The molecular weight excluding hydrogens is 350 g/mol. The summed E-state index contributed by atoms with van der Waals surface area (Å²) >= 11 is 1.60. The first-order valence-corrected chi connectivity index (χ1v) is 9.60. The van der Waals surface area contributed by atoms with Gasteiger partial charge in [-0.05, 0) is 48.3 Å². The molecule has 2 aromatic carbocycles. The molecule has 0 aliphatic rings. The molecule has 0 heterocycles. The van der Waals surface area contributed by atoms with Crippen LogP contribution in [0.2, 0.25) is 0 Å². The summed E-state index contributed by atoms with van der Waals surface area (Å²) in [4.78, 5) is 23.4. The second kappa shape index (κ2) is 10.4. The van der Waals surface area contributed by atoms with Crippen LogP contribution in [0.25, 0.3) is 0 Å². The van der Waals surface area contributed by atoms with Crippen LogP contribution in [0.1, 0.15) is 12.0 Å². The minimum atomic E-state index is -0.712. The van der Waals surface area contributed by atoms with Gasteiger partial charge in [0.25, 0.3) is 0 Å². The number of ether oxygens (including phenoxy) is 1. The van der Waals surface area contributed by atoms with Gasteiger partial charge in [0.15, 0.2) is 0 Å². The van der Waals surface area contributed by atoms with Gasteiger partial charge < -0.3 is 21.1 Å². The molecule has 2 aromatic rings. The fourth-order valence-corrected chi connectivity index (χ4v) is 2.75. The third kappa shape index (κ3) is 6.68. The van der Waals surface area contributed by atoms with Crippen LogP contribution in [0, 0.1) is 0 Å². The van der Waals surface area contributed by atoms with Gasteiger partial charge in [-0.3, -0.25) is 4.79 Å². The summed E-state index contributed by atoms with van der Waals surface area (Å²) in [6.07, 6.45) is 2.45. The number of amides is 3. The van der Waals surface area contributed by atoms with Crippen molar-refractivity contribution in [2.45, 2.75) is 19.1 Å². The number of benzene rings is 2. The second-order valence-corrected chi connectivity index (χ2v) is 6.62. The van der Waals surface area contributed by atoms with E-state index < -0.39 is 12.1 Å². The highest BCUT2D eigenvalue weighted by Gasteiger charge is 2.19. The fourth-order valence-electron chi connectivity index (χ4n) is 2.28. The van der Waals surface area contributed by atoms with Crippen LogP contribution in [-0.2, 0) is 11.4 Å². The number of rotatable bonds is 9. The van der Waals surface area contributed by atoms with Crippen molar-refractivity contribution in [1.29, 1.82) is 0 Å². The Labute approximate surface area is 157 Å². The first-order chi connectivity index (χ1) is 12.6. The lowest BCUT2D eigenvalue weighted by Gasteiger charge is -2.17. The van der Waals surface area contributed by atoms with Gasteiger partial charge in [-0.25, -0.2) is 4.79 Å². The third-order valence-corrected chi connectivity index (χ3v) is 4.26. The van der Waals surface area contributed by atoms with Crippen LogP contribution in [0.5, 0.6) is 5.75 Å². The number of carbonyl (C=O) groups excluding carboxylic acids is 2. The Hall–Kier alpha value is -2.67. The average molecular weight is 373 g/mol. The van der Waals surface area contributed by atoms with Crippen LogP contribution >= 0.6 is 11.8 Å². The van der Waals surface area contributed by atoms with Crippen LogP contribution in [-0.4, -0.2) is 30.0 Å². The first-order valence-electron chi connectivity index (χ1n) is 8.21. The topological polar surface area (TPSA) is 93.5 Å². The molecule has 7 heteroatoms. The summed E-state index contributed by atoms with van der Waals surface area (Å²) in [6, 6.07) is 15.6. The predicted molar refractivity (Wildman–Crippen MR) is 105 cm³/mol. The molecule has 0 fully saturated rings. The Balaban J connectivity index is 1.90. The zero-order valence-electron chi connectivity index (χ0n) is 14.6. The Morgan fingerprint density at radius 3 is 2.42 bits per heavy atom. The summed E-state index contributed by atoms with van der Waals surface area (Å²) in [5.74, 6) is 1.15. The molecule has 4 N–H and O–H groups in total. The molecule has 0 saturated heterocycles. The van der Waals surface area contributed by atoms with E-state index in [1.165, 1.54) is 0 Å². The fraction of sp³-hybridized carbons (Fsp3) is 0.263. The Kier molecular flexibility index (Phi) is 7.82. The molecule has 0 aliphatic heterocycles. The highest BCUT2D eigenvalue weighted by atomic mass is 32.2.